The number of halogens is 3. The molecule has 4 aromatic rings. The van der Waals surface area contributed by atoms with E-state index < -0.39 is 23.8 Å². The van der Waals surface area contributed by atoms with E-state index in [2.05, 4.69) is 9.88 Å². The van der Waals surface area contributed by atoms with E-state index in [1.165, 1.54) is 40.0 Å². The summed E-state index contributed by atoms with van der Waals surface area (Å²) in [5.74, 6) is 0. The van der Waals surface area contributed by atoms with Gasteiger partial charge in [-0.1, -0.05) is 18.2 Å². The Bertz CT molecular complexity index is 1390. The number of fused-ring (bicyclic) bond motifs is 5. The average Bonchev–Trinajstić information content (AvgIpc) is 3.58. The van der Waals surface area contributed by atoms with Crippen LogP contribution in [-0.4, -0.2) is 15.5 Å². The van der Waals surface area contributed by atoms with E-state index in [0.29, 0.717) is 6.54 Å². The minimum Gasteiger partial charge on any atom is -0.310 e. The third-order valence-electron chi connectivity index (χ3n) is 6.73. The molecule has 0 unspecified atom stereocenters. The van der Waals surface area contributed by atoms with Crippen LogP contribution in [0.3, 0.4) is 0 Å². The maximum atomic E-state index is 13.8. The summed E-state index contributed by atoms with van der Waals surface area (Å²) in [6.45, 7) is 0.339. The smallest absolute Gasteiger partial charge is 0.310 e. The number of urea groups is 1. The molecule has 6 rings (SSSR count). The Morgan fingerprint density at radius 3 is 2.63 bits per heavy atom. The first-order valence-corrected chi connectivity index (χ1v) is 13.2. The molecule has 4 heterocycles. The van der Waals surface area contributed by atoms with E-state index in [4.69, 9.17) is 0 Å². The number of para-hydroxylation sites is 1. The number of carbonyl (C=O) groups is 1. The van der Waals surface area contributed by atoms with Crippen LogP contribution in [0, 0.1) is 0 Å². The van der Waals surface area contributed by atoms with Crippen molar-refractivity contribution in [3.63, 3.8) is 0 Å². The highest BCUT2D eigenvalue weighted by molar-refractivity contribution is 7.15. The van der Waals surface area contributed by atoms with Crippen molar-refractivity contribution in [3.8, 4) is 5.00 Å². The molecule has 2 aliphatic rings. The summed E-state index contributed by atoms with van der Waals surface area (Å²) in [7, 11) is 0. The highest BCUT2D eigenvalue weighted by atomic mass is 32.1. The highest BCUT2D eigenvalue weighted by Crippen LogP contribution is 2.45. The zero-order valence-electron chi connectivity index (χ0n) is 18.6. The number of rotatable bonds is 2. The van der Waals surface area contributed by atoms with E-state index in [1.807, 2.05) is 35.8 Å². The second kappa shape index (κ2) is 8.57. The van der Waals surface area contributed by atoms with E-state index in [1.54, 1.807) is 16.2 Å². The molecule has 0 saturated carbocycles. The fourth-order valence-electron chi connectivity index (χ4n) is 5.16. The van der Waals surface area contributed by atoms with Crippen molar-refractivity contribution in [3.05, 3.63) is 92.2 Å². The molecular weight excluding hydrogens is 491 g/mol. The minimum absolute atomic E-state index is 0.234. The van der Waals surface area contributed by atoms with E-state index in [9.17, 15) is 18.0 Å². The summed E-state index contributed by atoms with van der Waals surface area (Å²) in [6, 6.07) is 12.1. The van der Waals surface area contributed by atoms with Crippen LogP contribution in [0.1, 0.15) is 51.0 Å². The standard InChI is InChI=1S/C26H22F3N3OS2/c27-26(28,29)18-8-2-3-9-19(18)30-25(33)32-15-17-16-7-1-4-11-21(16)35-24(17)31-13-5-10-20(31)23(32)22-12-6-14-34-22/h2-3,5-6,8-10,12-14,23H,1,4,7,11,15H2,(H,30,33)/t23-/m0/s1. The molecule has 0 fully saturated rings. The van der Waals surface area contributed by atoms with Crippen molar-refractivity contribution in [2.45, 2.75) is 44.4 Å². The van der Waals surface area contributed by atoms with Crippen LogP contribution >= 0.6 is 22.7 Å². The molecule has 4 nitrogen and oxygen atoms in total. The Labute approximate surface area is 208 Å². The molecule has 180 valence electrons. The molecule has 0 bridgehead atoms. The van der Waals surface area contributed by atoms with Crippen molar-refractivity contribution in [1.82, 2.24) is 9.47 Å². The number of amides is 2. The SMILES string of the molecule is O=C(Nc1ccccc1C(F)(F)F)N1Cc2c(sc3c2CCCC3)-n2cccc2[C@H]1c1cccs1. The predicted molar refractivity (Wildman–Crippen MR) is 132 cm³/mol. The van der Waals surface area contributed by atoms with Crippen molar-refractivity contribution in [2.24, 2.45) is 0 Å². The number of nitrogens with one attached hydrogen (secondary N) is 1. The Morgan fingerprint density at radius 2 is 1.83 bits per heavy atom. The first kappa shape index (κ1) is 22.4. The second-order valence-corrected chi connectivity index (χ2v) is 10.9. The third kappa shape index (κ3) is 3.87. The molecule has 1 atom stereocenters. The predicted octanol–water partition coefficient (Wildman–Crippen LogP) is 7.64. The third-order valence-corrected chi connectivity index (χ3v) is 8.98. The lowest BCUT2D eigenvalue weighted by molar-refractivity contribution is -0.136. The number of carbonyl (C=O) groups excluding carboxylic acids is 1. The number of alkyl halides is 3. The number of benzene rings is 1. The van der Waals surface area contributed by atoms with Crippen LogP contribution in [0.4, 0.5) is 23.7 Å². The summed E-state index contributed by atoms with van der Waals surface area (Å²) >= 11 is 3.32. The van der Waals surface area contributed by atoms with Crippen LogP contribution in [0.5, 0.6) is 0 Å². The van der Waals surface area contributed by atoms with Gasteiger partial charge in [-0.2, -0.15) is 13.2 Å². The Morgan fingerprint density at radius 1 is 1.00 bits per heavy atom. The van der Waals surface area contributed by atoms with Gasteiger partial charge in [-0.15, -0.1) is 22.7 Å². The van der Waals surface area contributed by atoms with Gasteiger partial charge in [0.25, 0.3) is 0 Å². The van der Waals surface area contributed by atoms with Crippen LogP contribution in [-0.2, 0) is 25.6 Å². The summed E-state index contributed by atoms with van der Waals surface area (Å²) in [6.07, 6.45) is 1.72. The molecule has 35 heavy (non-hydrogen) atoms. The molecule has 0 saturated heterocycles. The molecule has 2 amide bonds. The van der Waals surface area contributed by atoms with Gasteiger partial charge in [-0.3, -0.25) is 0 Å². The maximum Gasteiger partial charge on any atom is 0.418 e. The van der Waals surface area contributed by atoms with Gasteiger partial charge in [0.15, 0.2) is 0 Å². The Kier molecular flexibility index (Phi) is 5.49. The number of anilines is 1. The van der Waals surface area contributed by atoms with Crippen LogP contribution < -0.4 is 5.32 Å². The first-order chi connectivity index (χ1) is 16.9. The highest BCUT2D eigenvalue weighted by Gasteiger charge is 2.38. The van der Waals surface area contributed by atoms with Crippen molar-refractivity contribution in [2.75, 3.05) is 5.32 Å². The molecule has 1 aromatic carbocycles. The first-order valence-electron chi connectivity index (χ1n) is 11.5. The van der Waals surface area contributed by atoms with Gasteiger partial charge in [-0.25, -0.2) is 4.79 Å². The van der Waals surface area contributed by atoms with Gasteiger partial charge in [-0.05, 0) is 67.0 Å². The number of aryl methyl sites for hydroxylation is 1. The normalized spacial score (nSPS) is 17.3. The molecular formula is C26H22F3N3OS2. The van der Waals surface area contributed by atoms with Crippen molar-refractivity contribution < 1.29 is 18.0 Å². The maximum absolute atomic E-state index is 13.8. The molecule has 1 aliphatic carbocycles. The quantitative estimate of drug-likeness (QED) is 0.294. The van der Waals surface area contributed by atoms with Gasteiger partial charge in [0, 0.05) is 21.5 Å². The van der Waals surface area contributed by atoms with Gasteiger partial charge in [0.1, 0.15) is 11.0 Å². The average molecular weight is 514 g/mol. The fraction of sp³-hybridized carbons (Fsp3) is 0.269. The summed E-state index contributed by atoms with van der Waals surface area (Å²) in [4.78, 5) is 17.8. The van der Waals surface area contributed by atoms with Crippen molar-refractivity contribution >= 4 is 34.4 Å². The lowest BCUT2D eigenvalue weighted by Crippen LogP contribution is -2.38. The molecule has 1 N–H and O–H groups in total. The number of nitrogens with zero attached hydrogens (tertiary/aromatic N) is 2. The molecule has 0 radical (unpaired) electrons. The molecule has 3 aromatic heterocycles. The molecule has 9 heteroatoms. The largest absolute Gasteiger partial charge is 0.418 e. The number of hydrogen-bond acceptors (Lipinski definition) is 3. The fourth-order valence-corrected chi connectivity index (χ4v) is 7.41. The van der Waals surface area contributed by atoms with Gasteiger partial charge < -0.3 is 14.8 Å². The topological polar surface area (TPSA) is 37.3 Å². The van der Waals surface area contributed by atoms with Gasteiger partial charge in [0.2, 0.25) is 0 Å². The summed E-state index contributed by atoms with van der Waals surface area (Å²) in [5, 5.41) is 5.67. The minimum atomic E-state index is -4.57. The number of aromatic nitrogens is 1. The van der Waals surface area contributed by atoms with E-state index in [0.717, 1.165) is 52.9 Å². The van der Waals surface area contributed by atoms with Crippen molar-refractivity contribution in [1.29, 1.82) is 0 Å². The summed E-state index contributed by atoms with van der Waals surface area (Å²) in [5.41, 5.74) is 2.26. The van der Waals surface area contributed by atoms with Gasteiger partial charge in [0.05, 0.1) is 23.5 Å². The Balaban J connectivity index is 1.47. The molecule has 1 aliphatic heterocycles. The van der Waals surface area contributed by atoms with Gasteiger partial charge >= 0.3 is 12.2 Å². The number of hydrogen-bond donors (Lipinski definition) is 1. The summed E-state index contributed by atoms with van der Waals surface area (Å²) < 4.78 is 43.1. The monoisotopic (exact) mass is 513 g/mol. The second-order valence-electron chi connectivity index (χ2n) is 8.82. The van der Waals surface area contributed by atoms with Crippen LogP contribution in [0.2, 0.25) is 0 Å². The molecule has 0 spiro atoms. The zero-order valence-corrected chi connectivity index (χ0v) is 20.3. The van der Waals surface area contributed by atoms with Crippen LogP contribution in [0.15, 0.2) is 60.1 Å². The Hall–Kier alpha value is -3.04. The lowest BCUT2D eigenvalue weighted by Gasteiger charge is -2.31. The zero-order chi connectivity index (χ0) is 24.2. The van der Waals surface area contributed by atoms with E-state index in [-0.39, 0.29) is 5.69 Å². The van der Waals surface area contributed by atoms with Crippen LogP contribution in [0.25, 0.3) is 5.00 Å². The lowest BCUT2D eigenvalue weighted by atomic mass is 9.95. The van der Waals surface area contributed by atoms with E-state index >= 15 is 0 Å². The number of thiophene rings is 2.